The zero-order valence-corrected chi connectivity index (χ0v) is 22.3. The van der Waals surface area contributed by atoms with E-state index in [1.54, 1.807) is 19.4 Å². The number of nitrogens with two attached hydrogens (primary N) is 1. The van der Waals surface area contributed by atoms with Crippen LogP contribution in [0.5, 0.6) is 5.88 Å². The number of nitrogens with zero attached hydrogens (tertiary/aromatic N) is 3. The Bertz CT molecular complexity index is 1590. The lowest BCUT2D eigenvalue weighted by atomic mass is 9.85. The average Bonchev–Trinajstić information content (AvgIpc) is 2.99. The fraction of sp³-hybridized carbons (Fsp3) is 0.147. The molecule has 2 heterocycles. The van der Waals surface area contributed by atoms with Crippen molar-refractivity contribution in [3.8, 4) is 5.88 Å². The van der Waals surface area contributed by atoms with Crippen molar-refractivity contribution in [1.82, 2.24) is 9.97 Å². The molecule has 3 aromatic carbocycles. The van der Waals surface area contributed by atoms with Gasteiger partial charge in [-0.2, -0.15) is 0 Å². The maximum atomic E-state index is 5.69. The van der Waals surface area contributed by atoms with Gasteiger partial charge >= 0.3 is 0 Å². The molecule has 1 unspecified atom stereocenters. The molecule has 0 spiro atoms. The SMILES string of the molecule is CCc1ccc(C(c2cccnc2)c2ccc3nc(OC)c(Cc4ccc(N=CC=CN)cc4)cc3c2)cc1. The number of allylic oxidation sites excluding steroid dienone is 1. The van der Waals surface area contributed by atoms with Crippen LogP contribution in [0.1, 0.15) is 46.2 Å². The number of pyridine rings is 2. The highest BCUT2D eigenvalue weighted by Gasteiger charge is 2.18. The average molecular weight is 513 g/mol. The van der Waals surface area contributed by atoms with E-state index >= 15 is 0 Å². The van der Waals surface area contributed by atoms with Crippen molar-refractivity contribution in [2.75, 3.05) is 7.11 Å². The number of benzene rings is 3. The van der Waals surface area contributed by atoms with Crippen LogP contribution in [0, 0.1) is 0 Å². The fourth-order valence-electron chi connectivity index (χ4n) is 4.87. The molecular weight excluding hydrogens is 480 g/mol. The molecule has 2 aromatic heterocycles. The predicted octanol–water partition coefficient (Wildman–Crippen LogP) is 7.15. The number of hydrogen-bond acceptors (Lipinski definition) is 5. The lowest BCUT2D eigenvalue weighted by Crippen LogP contribution is -2.05. The smallest absolute Gasteiger partial charge is 0.217 e. The van der Waals surface area contributed by atoms with Crippen molar-refractivity contribution in [3.63, 3.8) is 0 Å². The molecule has 0 amide bonds. The molecule has 0 radical (unpaired) electrons. The van der Waals surface area contributed by atoms with Crippen LogP contribution in [-0.4, -0.2) is 23.3 Å². The Morgan fingerprint density at radius 1 is 0.897 bits per heavy atom. The summed E-state index contributed by atoms with van der Waals surface area (Å²) in [6.45, 7) is 2.18. The van der Waals surface area contributed by atoms with Crippen molar-refractivity contribution in [1.29, 1.82) is 0 Å². The number of methoxy groups -OCH3 is 1. The van der Waals surface area contributed by atoms with Gasteiger partial charge in [0.2, 0.25) is 5.88 Å². The molecule has 0 fully saturated rings. The van der Waals surface area contributed by atoms with Gasteiger partial charge in [0.1, 0.15) is 0 Å². The van der Waals surface area contributed by atoms with Gasteiger partial charge in [-0.05, 0) is 82.9 Å². The zero-order chi connectivity index (χ0) is 27.0. The Balaban J connectivity index is 1.52. The highest BCUT2D eigenvalue weighted by atomic mass is 16.5. The number of fused-ring (bicyclic) bond motifs is 1. The summed E-state index contributed by atoms with van der Waals surface area (Å²) < 4.78 is 5.69. The first-order chi connectivity index (χ1) is 19.2. The summed E-state index contributed by atoms with van der Waals surface area (Å²) in [7, 11) is 1.67. The van der Waals surface area contributed by atoms with E-state index in [4.69, 9.17) is 15.5 Å². The van der Waals surface area contributed by atoms with Crippen LogP contribution in [0.15, 0.2) is 115 Å². The van der Waals surface area contributed by atoms with E-state index in [0.717, 1.165) is 39.7 Å². The lowest BCUT2D eigenvalue weighted by molar-refractivity contribution is 0.395. The van der Waals surface area contributed by atoms with Crippen LogP contribution in [0.25, 0.3) is 10.9 Å². The van der Waals surface area contributed by atoms with E-state index in [-0.39, 0.29) is 5.92 Å². The highest BCUT2D eigenvalue weighted by Crippen LogP contribution is 2.34. The summed E-state index contributed by atoms with van der Waals surface area (Å²) in [4.78, 5) is 13.6. The summed E-state index contributed by atoms with van der Waals surface area (Å²) >= 11 is 0. The maximum absolute atomic E-state index is 5.69. The van der Waals surface area contributed by atoms with Crippen LogP contribution in [0.3, 0.4) is 0 Å². The second-order valence-corrected chi connectivity index (χ2v) is 9.43. The third kappa shape index (κ3) is 6.04. The van der Waals surface area contributed by atoms with Gasteiger partial charge in [-0.3, -0.25) is 9.98 Å². The quantitative estimate of drug-likeness (QED) is 0.213. The molecule has 0 aliphatic rings. The molecule has 5 aromatic rings. The number of aryl methyl sites for hydroxylation is 1. The molecule has 0 bridgehead atoms. The summed E-state index contributed by atoms with van der Waals surface area (Å²) in [5, 5.41) is 1.08. The third-order valence-corrected chi connectivity index (χ3v) is 6.90. The number of hydrogen-bond donors (Lipinski definition) is 1. The molecule has 39 heavy (non-hydrogen) atoms. The second kappa shape index (κ2) is 12.2. The highest BCUT2D eigenvalue weighted by molar-refractivity contribution is 5.81. The number of aliphatic imine (C=N–C) groups is 1. The standard InChI is InChI=1S/C34H32N4O/c1-3-24-7-11-26(12-8-24)33(28-6-4-18-36-23-28)27-13-16-32-29(21-27)22-30(34(38-32)39-2)20-25-9-14-31(15-10-25)37-19-5-17-35/h4-19,21-23,33H,3,20,35H2,1-2H3. The van der Waals surface area contributed by atoms with Gasteiger partial charge in [0, 0.05) is 41.9 Å². The lowest BCUT2D eigenvalue weighted by Gasteiger charge is -2.20. The van der Waals surface area contributed by atoms with Gasteiger partial charge in [0.05, 0.1) is 18.3 Å². The van der Waals surface area contributed by atoms with Crippen LogP contribution in [-0.2, 0) is 12.8 Å². The Morgan fingerprint density at radius 3 is 2.36 bits per heavy atom. The molecule has 5 rings (SSSR count). The van der Waals surface area contributed by atoms with E-state index < -0.39 is 0 Å². The molecule has 0 saturated heterocycles. The van der Waals surface area contributed by atoms with Gasteiger partial charge in [-0.15, -0.1) is 0 Å². The minimum Gasteiger partial charge on any atom is -0.481 e. The van der Waals surface area contributed by atoms with Gasteiger partial charge in [-0.1, -0.05) is 55.5 Å². The van der Waals surface area contributed by atoms with Gasteiger partial charge in [0.25, 0.3) is 0 Å². The van der Waals surface area contributed by atoms with Gasteiger partial charge in [-0.25, -0.2) is 4.98 Å². The monoisotopic (exact) mass is 512 g/mol. The van der Waals surface area contributed by atoms with Crippen molar-refractivity contribution < 1.29 is 4.74 Å². The van der Waals surface area contributed by atoms with Crippen molar-refractivity contribution >= 4 is 22.8 Å². The molecular formula is C34H32N4O. The molecule has 5 nitrogen and oxygen atoms in total. The van der Waals surface area contributed by atoms with E-state index in [0.29, 0.717) is 12.3 Å². The molecule has 5 heteroatoms. The van der Waals surface area contributed by atoms with E-state index in [1.165, 1.54) is 22.9 Å². The van der Waals surface area contributed by atoms with Crippen molar-refractivity contribution in [3.05, 3.63) is 143 Å². The van der Waals surface area contributed by atoms with Crippen LogP contribution < -0.4 is 10.5 Å². The topological polar surface area (TPSA) is 73.4 Å². The molecule has 0 aliphatic carbocycles. The normalized spacial score (nSPS) is 12.4. The Kier molecular flexibility index (Phi) is 8.08. The first-order valence-electron chi connectivity index (χ1n) is 13.1. The van der Waals surface area contributed by atoms with Crippen LogP contribution in [0.4, 0.5) is 5.69 Å². The van der Waals surface area contributed by atoms with Crippen molar-refractivity contribution in [2.45, 2.75) is 25.7 Å². The van der Waals surface area contributed by atoms with Crippen molar-refractivity contribution in [2.24, 2.45) is 10.7 Å². The minimum atomic E-state index is 0.0711. The molecule has 194 valence electrons. The maximum Gasteiger partial charge on any atom is 0.217 e. The molecule has 2 N–H and O–H groups in total. The molecule has 1 atom stereocenters. The Morgan fingerprint density at radius 2 is 1.67 bits per heavy atom. The van der Waals surface area contributed by atoms with Gasteiger partial charge < -0.3 is 10.5 Å². The fourth-order valence-corrected chi connectivity index (χ4v) is 4.87. The summed E-state index contributed by atoms with van der Waals surface area (Å²) in [5.41, 5.74) is 14.3. The summed E-state index contributed by atoms with van der Waals surface area (Å²) in [6.07, 6.45) is 10.3. The molecule has 0 aliphatic heterocycles. The zero-order valence-electron chi connectivity index (χ0n) is 22.3. The minimum absolute atomic E-state index is 0.0711. The van der Waals surface area contributed by atoms with Crippen LogP contribution in [0.2, 0.25) is 0 Å². The van der Waals surface area contributed by atoms with Gasteiger partial charge in [0.15, 0.2) is 0 Å². The summed E-state index contributed by atoms with van der Waals surface area (Å²) in [5.74, 6) is 0.714. The van der Waals surface area contributed by atoms with E-state index in [9.17, 15) is 0 Å². The number of ether oxygens (including phenoxy) is 1. The first kappa shape index (κ1) is 25.9. The number of rotatable bonds is 9. The number of aromatic nitrogens is 2. The Hall–Kier alpha value is -4.77. The summed E-state index contributed by atoms with van der Waals surface area (Å²) in [6, 6.07) is 29.9. The third-order valence-electron chi connectivity index (χ3n) is 6.90. The van der Waals surface area contributed by atoms with E-state index in [1.807, 2.05) is 30.6 Å². The first-order valence-corrected chi connectivity index (χ1v) is 13.1. The van der Waals surface area contributed by atoms with Crippen LogP contribution >= 0.6 is 0 Å². The largest absolute Gasteiger partial charge is 0.481 e. The molecule has 0 saturated carbocycles. The predicted molar refractivity (Wildman–Crippen MR) is 160 cm³/mol. The Labute approximate surface area is 229 Å². The second-order valence-electron chi connectivity index (χ2n) is 9.43. The van der Waals surface area contributed by atoms with E-state index in [2.05, 4.69) is 83.6 Å².